The van der Waals surface area contributed by atoms with Gasteiger partial charge in [0.1, 0.15) is 12.0 Å². The SMILES string of the molecule is CCNC(Cc1ncnc(OC)c1[N+](=O)[O-])C(C)C. The molecular formula is C12H20N4O3. The van der Waals surface area contributed by atoms with Crippen LogP contribution in [0.4, 0.5) is 5.69 Å². The van der Waals surface area contributed by atoms with Crippen molar-refractivity contribution in [3.8, 4) is 5.88 Å². The van der Waals surface area contributed by atoms with Crippen LogP contribution >= 0.6 is 0 Å². The molecule has 0 spiro atoms. The van der Waals surface area contributed by atoms with E-state index in [0.29, 0.717) is 18.0 Å². The number of likely N-dealkylation sites (N-methyl/N-ethyl adjacent to an activating group) is 1. The first-order valence-electron chi connectivity index (χ1n) is 6.26. The Bertz CT molecular complexity index is 437. The monoisotopic (exact) mass is 268 g/mol. The van der Waals surface area contributed by atoms with E-state index < -0.39 is 4.92 Å². The summed E-state index contributed by atoms with van der Waals surface area (Å²) in [6.07, 6.45) is 1.77. The first kappa shape index (κ1) is 15.3. The van der Waals surface area contributed by atoms with Crippen molar-refractivity contribution in [3.63, 3.8) is 0 Å². The molecule has 1 atom stereocenters. The Hall–Kier alpha value is -1.76. The van der Waals surface area contributed by atoms with Crippen LogP contribution in [0.5, 0.6) is 5.88 Å². The molecule has 1 unspecified atom stereocenters. The number of nitro groups is 1. The molecule has 106 valence electrons. The predicted octanol–water partition coefficient (Wildman–Crippen LogP) is 1.57. The van der Waals surface area contributed by atoms with Gasteiger partial charge in [-0.05, 0) is 12.5 Å². The second-order valence-electron chi connectivity index (χ2n) is 4.55. The first-order chi connectivity index (χ1) is 9.01. The molecule has 1 rings (SSSR count). The molecule has 1 aromatic rings. The minimum absolute atomic E-state index is 0.00834. The minimum atomic E-state index is -0.489. The molecule has 0 saturated heterocycles. The zero-order chi connectivity index (χ0) is 14.4. The van der Waals surface area contributed by atoms with E-state index in [1.807, 2.05) is 6.92 Å². The topological polar surface area (TPSA) is 90.2 Å². The highest BCUT2D eigenvalue weighted by Gasteiger charge is 2.26. The van der Waals surface area contributed by atoms with Crippen molar-refractivity contribution in [1.29, 1.82) is 0 Å². The van der Waals surface area contributed by atoms with Crippen LogP contribution in [0.2, 0.25) is 0 Å². The summed E-state index contributed by atoms with van der Waals surface area (Å²) < 4.78 is 4.94. The number of methoxy groups -OCH3 is 1. The second-order valence-corrected chi connectivity index (χ2v) is 4.55. The third kappa shape index (κ3) is 3.85. The van der Waals surface area contributed by atoms with E-state index in [1.54, 1.807) is 0 Å². The standard InChI is InChI=1S/C12H20N4O3/c1-5-13-9(8(2)3)6-10-11(16(17)18)12(19-4)15-7-14-10/h7-9,13H,5-6H2,1-4H3. The van der Waals surface area contributed by atoms with E-state index in [4.69, 9.17) is 4.74 Å². The third-order valence-electron chi connectivity index (χ3n) is 2.92. The summed E-state index contributed by atoms with van der Waals surface area (Å²) in [5.41, 5.74) is 0.255. The maximum atomic E-state index is 11.1. The van der Waals surface area contributed by atoms with Gasteiger partial charge in [-0.15, -0.1) is 0 Å². The number of nitrogens with one attached hydrogen (secondary N) is 1. The zero-order valence-corrected chi connectivity index (χ0v) is 11.7. The molecule has 0 saturated carbocycles. The summed E-state index contributed by atoms with van der Waals surface area (Å²) in [4.78, 5) is 18.5. The van der Waals surface area contributed by atoms with Gasteiger partial charge in [-0.25, -0.2) is 4.98 Å². The Kier molecular flexibility index (Phi) is 5.62. The largest absolute Gasteiger partial charge is 0.476 e. The fourth-order valence-corrected chi connectivity index (χ4v) is 1.89. The van der Waals surface area contributed by atoms with E-state index in [-0.39, 0.29) is 17.6 Å². The molecule has 0 aliphatic heterocycles. The average molecular weight is 268 g/mol. The fourth-order valence-electron chi connectivity index (χ4n) is 1.89. The van der Waals surface area contributed by atoms with Gasteiger partial charge in [-0.1, -0.05) is 20.8 Å². The number of hydrogen-bond donors (Lipinski definition) is 1. The number of nitrogens with zero attached hydrogens (tertiary/aromatic N) is 3. The Balaban J connectivity index is 3.08. The molecule has 1 heterocycles. The molecule has 0 radical (unpaired) electrons. The van der Waals surface area contributed by atoms with E-state index in [0.717, 1.165) is 6.54 Å². The molecule has 0 bridgehead atoms. The van der Waals surface area contributed by atoms with E-state index in [9.17, 15) is 10.1 Å². The van der Waals surface area contributed by atoms with Crippen molar-refractivity contribution < 1.29 is 9.66 Å². The lowest BCUT2D eigenvalue weighted by Crippen LogP contribution is -2.36. The summed E-state index contributed by atoms with van der Waals surface area (Å²) in [6.45, 7) is 6.94. The van der Waals surface area contributed by atoms with Gasteiger partial charge < -0.3 is 10.1 Å². The molecule has 0 aliphatic carbocycles. The van der Waals surface area contributed by atoms with Gasteiger partial charge in [-0.2, -0.15) is 4.98 Å². The van der Waals surface area contributed by atoms with Crippen LogP contribution < -0.4 is 10.1 Å². The highest BCUT2D eigenvalue weighted by molar-refractivity contribution is 5.44. The molecule has 0 aromatic carbocycles. The Labute approximate surface area is 112 Å². The summed E-state index contributed by atoms with van der Waals surface area (Å²) in [6, 6.07) is 0.128. The van der Waals surface area contributed by atoms with Gasteiger partial charge >= 0.3 is 5.69 Å². The zero-order valence-electron chi connectivity index (χ0n) is 11.7. The van der Waals surface area contributed by atoms with Crippen molar-refractivity contribution in [2.24, 2.45) is 5.92 Å². The highest BCUT2D eigenvalue weighted by Crippen LogP contribution is 2.27. The molecule has 0 amide bonds. The second kappa shape index (κ2) is 6.98. The Morgan fingerprint density at radius 2 is 2.16 bits per heavy atom. The molecular weight excluding hydrogens is 248 g/mol. The lowest BCUT2D eigenvalue weighted by Gasteiger charge is -2.21. The quantitative estimate of drug-likeness (QED) is 0.596. The summed E-state index contributed by atoms with van der Waals surface area (Å²) in [5, 5.41) is 14.4. The normalized spacial score (nSPS) is 12.5. The van der Waals surface area contributed by atoms with Crippen LogP contribution in [-0.2, 0) is 6.42 Å². The van der Waals surface area contributed by atoms with E-state index in [2.05, 4.69) is 29.1 Å². The Morgan fingerprint density at radius 1 is 1.47 bits per heavy atom. The van der Waals surface area contributed by atoms with Gasteiger partial charge in [0, 0.05) is 12.5 Å². The fraction of sp³-hybridized carbons (Fsp3) is 0.667. The van der Waals surface area contributed by atoms with E-state index in [1.165, 1.54) is 13.4 Å². The molecule has 1 aromatic heterocycles. The van der Waals surface area contributed by atoms with Crippen molar-refractivity contribution in [2.75, 3.05) is 13.7 Å². The maximum Gasteiger partial charge on any atom is 0.352 e. The average Bonchev–Trinajstić information content (AvgIpc) is 2.37. The number of rotatable bonds is 7. The van der Waals surface area contributed by atoms with Crippen LogP contribution in [0.25, 0.3) is 0 Å². The smallest absolute Gasteiger partial charge is 0.352 e. The molecule has 1 N–H and O–H groups in total. The van der Waals surface area contributed by atoms with Gasteiger partial charge in [0.15, 0.2) is 0 Å². The lowest BCUT2D eigenvalue weighted by atomic mass is 9.98. The van der Waals surface area contributed by atoms with Crippen LogP contribution in [0.15, 0.2) is 6.33 Å². The predicted molar refractivity (Wildman–Crippen MR) is 71.2 cm³/mol. The molecule has 7 nitrogen and oxygen atoms in total. The summed E-state index contributed by atoms with van der Waals surface area (Å²) in [5.74, 6) is 0.356. The Morgan fingerprint density at radius 3 is 2.63 bits per heavy atom. The minimum Gasteiger partial charge on any atom is -0.476 e. The summed E-state index contributed by atoms with van der Waals surface area (Å²) >= 11 is 0. The van der Waals surface area contributed by atoms with Crippen LogP contribution in [0.1, 0.15) is 26.5 Å². The number of aromatic nitrogens is 2. The lowest BCUT2D eigenvalue weighted by molar-refractivity contribution is -0.387. The van der Waals surface area contributed by atoms with Crippen molar-refractivity contribution in [2.45, 2.75) is 33.2 Å². The van der Waals surface area contributed by atoms with Gasteiger partial charge in [0.2, 0.25) is 0 Å². The van der Waals surface area contributed by atoms with E-state index >= 15 is 0 Å². The van der Waals surface area contributed by atoms with Crippen molar-refractivity contribution >= 4 is 5.69 Å². The van der Waals surface area contributed by atoms with Crippen molar-refractivity contribution in [1.82, 2.24) is 15.3 Å². The number of hydrogen-bond acceptors (Lipinski definition) is 6. The van der Waals surface area contributed by atoms with Crippen LogP contribution in [-0.4, -0.2) is 34.6 Å². The van der Waals surface area contributed by atoms with Gasteiger partial charge in [-0.3, -0.25) is 10.1 Å². The van der Waals surface area contributed by atoms with Gasteiger partial charge in [0.25, 0.3) is 5.88 Å². The van der Waals surface area contributed by atoms with Crippen LogP contribution in [0.3, 0.4) is 0 Å². The molecule has 7 heteroatoms. The molecule has 0 fully saturated rings. The highest BCUT2D eigenvalue weighted by atomic mass is 16.6. The first-order valence-corrected chi connectivity index (χ1v) is 6.26. The number of ether oxygens (including phenoxy) is 1. The third-order valence-corrected chi connectivity index (χ3v) is 2.92. The van der Waals surface area contributed by atoms with Gasteiger partial charge in [0.05, 0.1) is 12.0 Å². The molecule has 0 aliphatic rings. The summed E-state index contributed by atoms with van der Waals surface area (Å²) in [7, 11) is 1.36. The molecule has 19 heavy (non-hydrogen) atoms. The van der Waals surface area contributed by atoms with Crippen LogP contribution in [0, 0.1) is 16.0 Å². The maximum absolute atomic E-state index is 11.1. The van der Waals surface area contributed by atoms with Crippen molar-refractivity contribution in [3.05, 3.63) is 22.1 Å².